The normalized spacial score (nSPS) is 12.0. The monoisotopic (exact) mass is 373 g/mol. The van der Waals surface area contributed by atoms with Crippen molar-refractivity contribution in [1.29, 1.82) is 0 Å². The fourth-order valence-electron chi connectivity index (χ4n) is 3.61. The molecule has 2 N–H and O–H groups in total. The van der Waals surface area contributed by atoms with Crippen molar-refractivity contribution in [2.45, 2.75) is 13.0 Å². The third-order valence-electron chi connectivity index (χ3n) is 4.96. The van der Waals surface area contributed by atoms with Gasteiger partial charge >= 0.3 is 0 Å². The van der Waals surface area contributed by atoms with Crippen LogP contribution in [-0.4, -0.2) is 24.2 Å². The van der Waals surface area contributed by atoms with E-state index in [-0.39, 0.29) is 6.04 Å². The molecule has 0 unspecified atom stereocenters. The minimum atomic E-state index is -0.0906. The van der Waals surface area contributed by atoms with E-state index < -0.39 is 0 Å². The molecule has 0 aliphatic rings. The first-order valence-electron chi connectivity index (χ1n) is 9.17. The molecule has 5 nitrogen and oxygen atoms in total. The lowest BCUT2D eigenvalue weighted by molar-refractivity contribution is 0.395. The van der Waals surface area contributed by atoms with Crippen LogP contribution in [0.25, 0.3) is 10.9 Å². The number of anilines is 1. The van der Waals surface area contributed by atoms with Crippen LogP contribution in [0.5, 0.6) is 11.5 Å². The number of rotatable bonds is 6. The Kier molecular flexibility index (Phi) is 4.89. The molecule has 2 aromatic heterocycles. The zero-order valence-electron chi connectivity index (χ0n) is 16.2. The van der Waals surface area contributed by atoms with Gasteiger partial charge in [0.25, 0.3) is 0 Å². The number of aromatic amines is 1. The molecular weight excluding hydrogens is 350 g/mol. The summed E-state index contributed by atoms with van der Waals surface area (Å²) < 4.78 is 10.9. The Morgan fingerprint density at radius 2 is 1.86 bits per heavy atom. The molecule has 0 aliphatic heterocycles. The highest BCUT2D eigenvalue weighted by Gasteiger charge is 2.22. The second-order valence-electron chi connectivity index (χ2n) is 6.64. The van der Waals surface area contributed by atoms with Crippen molar-refractivity contribution in [3.63, 3.8) is 0 Å². The maximum Gasteiger partial charge on any atom is 0.145 e. The molecule has 0 radical (unpaired) electrons. The molecule has 0 bridgehead atoms. The minimum absolute atomic E-state index is 0.0906. The number of hydrogen-bond acceptors (Lipinski definition) is 4. The predicted molar refractivity (Wildman–Crippen MR) is 112 cm³/mol. The van der Waals surface area contributed by atoms with E-state index in [1.54, 1.807) is 20.4 Å². The van der Waals surface area contributed by atoms with E-state index in [0.29, 0.717) is 0 Å². The van der Waals surface area contributed by atoms with Crippen LogP contribution in [0.2, 0.25) is 0 Å². The van der Waals surface area contributed by atoms with Gasteiger partial charge in [-0.05, 0) is 36.8 Å². The van der Waals surface area contributed by atoms with Gasteiger partial charge < -0.3 is 19.8 Å². The van der Waals surface area contributed by atoms with E-state index in [9.17, 15) is 0 Å². The number of nitrogens with zero attached hydrogens (tertiary/aromatic N) is 1. The molecular formula is C23H23N3O2. The Labute approximate surface area is 164 Å². The molecule has 2 heterocycles. The first-order valence-corrected chi connectivity index (χ1v) is 9.17. The molecule has 0 saturated carbocycles. The number of fused-ring (bicyclic) bond motifs is 1. The van der Waals surface area contributed by atoms with Crippen molar-refractivity contribution in [3.05, 3.63) is 83.8 Å². The first-order chi connectivity index (χ1) is 13.7. The molecule has 0 aliphatic carbocycles. The zero-order chi connectivity index (χ0) is 19.5. The second kappa shape index (κ2) is 7.64. The average molecular weight is 373 g/mol. The topological polar surface area (TPSA) is 59.2 Å². The Morgan fingerprint density at radius 3 is 2.61 bits per heavy atom. The van der Waals surface area contributed by atoms with Gasteiger partial charge in [0.15, 0.2) is 0 Å². The highest BCUT2D eigenvalue weighted by molar-refractivity contribution is 5.86. The van der Waals surface area contributed by atoms with Crippen molar-refractivity contribution < 1.29 is 9.47 Å². The number of hydrogen-bond donors (Lipinski definition) is 2. The second-order valence-corrected chi connectivity index (χ2v) is 6.64. The van der Waals surface area contributed by atoms with Crippen LogP contribution < -0.4 is 14.8 Å². The number of para-hydroxylation sites is 1. The van der Waals surface area contributed by atoms with Crippen LogP contribution in [0, 0.1) is 6.92 Å². The molecule has 0 fully saturated rings. The fraction of sp³-hybridized carbons (Fsp3) is 0.174. The van der Waals surface area contributed by atoms with Gasteiger partial charge in [0.1, 0.15) is 11.5 Å². The number of benzene rings is 2. The summed E-state index contributed by atoms with van der Waals surface area (Å²) in [6.45, 7) is 2.10. The SMILES string of the molecule is COc1ccc(N[C@H](c2cccnc2)c2c(C)[nH]c3ccccc23)c(OC)c1. The number of aryl methyl sites for hydroxylation is 1. The maximum absolute atomic E-state index is 5.59. The molecule has 0 spiro atoms. The molecule has 0 saturated heterocycles. The van der Waals surface area contributed by atoms with Crippen LogP contribution in [0.1, 0.15) is 22.9 Å². The standard InChI is InChI=1S/C23H23N3O2/c1-15-22(18-8-4-5-9-19(18)25-15)23(16-7-6-12-24-14-16)26-20-11-10-17(27-2)13-21(20)28-3/h4-14,23,25-26H,1-3H3/t23-/m1/s1. The van der Waals surface area contributed by atoms with Gasteiger partial charge in [-0.1, -0.05) is 24.3 Å². The third kappa shape index (κ3) is 3.27. The Bertz CT molecular complexity index is 1090. The van der Waals surface area contributed by atoms with Crippen molar-refractivity contribution in [3.8, 4) is 11.5 Å². The molecule has 4 aromatic rings. The lowest BCUT2D eigenvalue weighted by Gasteiger charge is -2.23. The van der Waals surface area contributed by atoms with Gasteiger partial charge in [-0.3, -0.25) is 4.98 Å². The maximum atomic E-state index is 5.59. The predicted octanol–water partition coefficient (Wildman–Crippen LogP) is 5.09. The molecule has 0 amide bonds. The average Bonchev–Trinajstić information content (AvgIpc) is 3.08. The van der Waals surface area contributed by atoms with E-state index >= 15 is 0 Å². The van der Waals surface area contributed by atoms with Gasteiger partial charge in [-0.25, -0.2) is 0 Å². The summed E-state index contributed by atoms with van der Waals surface area (Å²) in [6, 6.07) is 18.1. The van der Waals surface area contributed by atoms with Gasteiger partial charge in [0.2, 0.25) is 0 Å². The van der Waals surface area contributed by atoms with Crippen LogP contribution in [0.15, 0.2) is 67.0 Å². The number of nitrogens with one attached hydrogen (secondary N) is 2. The quantitative estimate of drug-likeness (QED) is 0.494. The summed E-state index contributed by atoms with van der Waals surface area (Å²) in [6.07, 6.45) is 3.69. The lowest BCUT2D eigenvalue weighted by Crippen LogP contribution is -2.14. The summed E-state index contributed by atoms with van der Waals surface area (Å²) in [7, 11) is 3.31. The molecule has 28 heavy (non-hydrogen) atoms. The Hall–Kier alpha value is -3.47. The molecule has 4 rings (SSSR count). The van der Waals surface area contributed by atoms with Crippen LogP contribution in [-0.2, 0) is 0 Å². The highest BCUT2D eigenvalue weighted by Crippen LogP contribution is 2.37. The van der Waals surface area contributed by atoms with Gasteiger partial charge in [-0.15, -0.1) is 0 Å². The van der Waals surface area contributed by atoms with E-state index in [2.05, 4.69) is 46.5 Å². The van der Waals surface area contributed by atoms with Gasteiger partial charge in [0, 0.05) is 40.6 Å². The fourth-order valence-corrected chi connectivity index (χ4v) is 3.61. The molecule has 142 valence electrons. The summed E-state index contributed by atoms with van der Waals surface area (Å²) in [5.41, 5.74) is 5.40. The van der Waals surface area contributed by atoms with Crippen molar-refractivity contribution >= 4 is 16.6 Å². The van der Waals surface area contributed by atoms with Crippen LogP contribution in [0.3, 0.4) is 0 Å². The van der Waals surface area contributed by atoms with Gasteiger partial charge in [-0.2, -0.15) is 0 Å². The summed E-state index contributed by atoms with van der Waals surface area (Å²) in [4.78, 5) is 7.83. The Morgan fingerprint density at radius 1 is 1.00 bits per heavy atom. The Balaban J connectivity index is 1.85. The van der Waals surface area contributed by atoms with E-state index in [0.717, 1.165) is 34.0 Å². The van der Waals surface area contributed by atoms with Crippen LogP contribution in [0.4, 0.5) is 5.69 Å². The van der Waals surface area contributed by atoms with Crippen molar-refractivity contribution in [2.75, 3.05) is 19.5 Å². The largest absolute Gasteiger partial charge is 0.497 e. The van der Waals surface area contributed by atoms with E-state index in [4.69, 9.17) is 9.47 Å². The zero-order valence-corrected chi connectivity index (χ0v) is 16.2. The highest BCUT2D eigenvalue weighted by atomic mass is 16.5. The van der Waals surface area contributed by atoms with E-state index in [1.807, 2.05) is 36.5 Å². The number of methoxy groups -OCH3 is 2. The van der Waals surface area contributed by atoms with Crippen molar-refractivity contribution in [1.82, 2.24) is 9.97 Å². The first kappa shape index (κ1) is 17.9. The number of aromatic nitrogens is 2. The van der Waals surface area contributed by atoms with Gasteiger partial charge in [0.05, 0.1) is 25.9 Å². The third-order valence-corrected chi connectivity index (χ3v) is 4.96. The summed E-state index contributed by atoms with van der Waals surface area (Å²) >= 11 is 0. The summed E-state index contributed by atoms with van der Waals surface area (Å²) in [5.74, 6) is 1.48. The number of H-pyrrole nitrogens is 1. The minimum Gasteiger partial charge on any atom is -0.497 e. The smallest absolute Gasteiger partial charge is 0.145 e. The van der Waals surface area contributed by atoms with Crippen molar-refractivity contribution in [2.24, 2.45) is 0 Å². The number of ether oxygens (including phenoxy) is 2. The van der Waals surface area contributed by atoms with Crippen LogP contribution >= 0.6 is 0 Å². The molecule has 1 atom stereocenters. The lowest BCUT2D eigenvalue weighted by atomic mass is 9.96. The molecule has 5 heteroatoms. The molecule has 2 aromatic carbocycles. The van der Waals surface area contributed by atoms with E-state index in [1.165, 1.54) is 10.9 Å². The summed E-state index contributed by atoms with van der Waals surface area (Å²) in [5, 5.41) is 4.85. The number of pyridine rings is 1.